The van der Waals surface area contributed by atoms with E-state index in [1.54, 1.807) is 11.3 Å². The largest absolute Gasteiger partial charge is 0.356 e. The first-order valence-electron chi connectivity index (χ1n) is 8.82. The number of thiophene rings is 1. The number of nitrogens with one attached hydrogen (secondary N) is 2. The monoisotopic (exact) mass is 334 g/mol. The second kappa shape index (κ2) is 7.47. The summed E-state index contributed by atoms with van der Waals surface area (Å²) in [7, 11) is 0. The van der Waals surface area contributed by atoms with Gasteiger partial charge in [-0.2, -0.15) is 0 Å². The van der Waals surface area contributed by atoms with E-state index in [1.807, 2.05) is 0 Å². The van der Waals surface area contributed by atoms with E-state index in [0.717, 1.165) is 25.7 Å². The maximum absolute atomic E-state index is 12.4. The third-order valence-electron chi connectivity index (χ3n) is 4.91. The van der Waals surface area contributed by atoms with Crippen molar-refractivity contribution in [1.82, 2.24) is 10.6 Å². The molecule has 2 amide bonds. The first kappa shape index (κ1) is 16.5. The maximum atomic E-state index is 12.4. The van der Waals surface area contributed by atoms with Gasteiger partial charge in [-0.1, -0.05) is 25.3 Å². The van der Waals surface area contributed by atoms with E-state index in [1.165, 1.54) is 24.1 Å². The van der Waals surface area contributed by atoms with Gasteiger partial charge in [0.05, 0.1) is 5.54 Å². The number of carbonyl (C=O) groups excluding carboxylic acids is 2. The summed E-state index contributed by atoms with van der Waals surface area (Å²) in [5.41, 5.74) is -0.152. The van der Waals surface area contributed by atoms with Crippen LogP contribution < -0.4 is 10.6 Å². The Morgan fingerprint density at radius 1 is 1.22 bits per heavy atom. The van der Waals surface area contributed by atoms with Crippen molar-refractivity contribution in [2.24, 2.45) is 5.92 Å². The van der Waals surface area contributed by atoms with Gasteiger partial charge in [-0.05, 0) is 43.6 Å². The van der Waals surface area contributed by atoms with Crippen molar-refractivity contribution in [2.75, 3.05) is 6.54 Å². The molecular formula is C18H26N2O2S. The molecule has 0 atom stereocenters. The van der Waals surface area contributed by atoms with Gasteiger partial charge in [-0.3, -0.25) is 9.59 Å². The lowest BCUT2D eigenvalue weighted by Crippen LogP contribution is -2.46. The van der Waals surface area contributed by atoms with Crippen molar-refractivity contribution in [3.63, 3.8) is 0 Å². The van der Waals surface area contributed by atoms with Gasteiger partial charge in [0, 0.05) is 23.8 Å². The van der Waals surface area contributed by atoms with Crippen molar-refractivity contribution in [3.8, 4) is 0 Å². The Kier molecular flexibility index (Phi) is 5.36. The Labute approximate surface area is 142 Å². The fourth-order valence-corrected chi connectivity index (χ4v) is 4.36. The molecule has 23 heavy (non-hydrogen) atoms. The minimum atomic E-state index is -0.152. The van der Waals surface area contributed by atoms with E-state index in [4.69, 9.17) is 0 Å². The summed E-state index contributed by atoms with van der Waals surface area (Å²) in [6.07, 6.45) is 8.94. The molecule has 126 valence electrons. The zero-order valence-corrected chi connectivity index (χ0v) is 14.4. The van der Waals surface area contributed by atoms with Gasteiger partial charge < -0.3 is 10.6 Å². The molecule has 1 aromatic heterocycles. The molecule has 0 bridgehead atoms. The van der Waals surface area contributed by atoms with Gasteiger partial charge in [0.15, 0.2) is 0 Å². The van der Waals surface area contributed by atoms with Gasteiger partial charge in [-0.15, -0.1) is 11.3 Å². The second-order valence-corrected chi connectivity index (χ2v) is 7.78. The maximum Gasteiger partial charge on any atom is 0.223 e. The molecule has 0 radical (unpaired) electrons. The smallest absolute Gasteiger partial charge is 0.223 e. The molecule has 1 heterocycles. The molecule has 4 nitrogen and oxygen atoms in total. The molecule has 2 N–H and O–H groups in total. The molecule has 0 unspecified atom stereocenters. The van der Waals surface area contributed by atoms with Crippen molar-refractivity contribution in [2.45, 2.75) is 63.3 Å². The van der Waals surface area contributed by atoms with Crippen LogP contribution in [0.15, 0.2) is 17.5 Å². The van der Waals surface area contributed by atoms with E-state index in [2.05, 4.69) is 28.1 Å². The van der Waals surface area contributed by atoms with Crippen LogP contribution in [0.2, 0.25) is 0 Å². The van der Waals surface area contributed by atoms with Gasteiger partial charge in [0.1, 0.15) is 0 Å². The zero-order valence-electron chi connectivity index (χ0n) is 13.6. The highest BCUT2D eigenvalue weighted by Crippen LogP contribution is 2.39. The summed E-state index contributed by atoms with van der Waals surface area (Å²) in [6, 6.07) is 4.21. The van der Waals surface area contributed by atoms with Crippen LogP contribution in [0.4, 0.5) is 0 Å². The first-order valence-corrected chi connectivity index (χ1v) is 9.70. The summed E-state index contributed by atoms with van der Waals surface area (Å²) < 4.78 is 0. The van der Waals surface area contributed by atoms with E-state index in [-0.39, 0.29) is 23.3 Å². The highest BCUT2D eigenvalue weighted by atomic mass is 32.1. The van der Waals surface area contributed by atoms with Crippen LogP contribution in [0.1, 0.15) is 62.7 Å². The topological polar surface area (TPSA) is 58.2 Å². The molecule has 0 aliphatic heterocycles. The van der Waals surface area contributed by atoms with Gasteiger partial charge in [-0.25, -0.2) is 0 Å². The molecule has 5 heteroatoms. The number of hydrogen-bond acceptors (Lipinski definition) is 3. The van der Waals surface area contributed by atoms with Gasteiger partial charge >= 0.3 is 0 Å². The number of carbonyl (C=O) groups is 2. The van der Waals surface area contributed by atoms with E-state index in [9.17, 15) is 9.59 Å². The van der Waals surface area contributed by atoms with Crippen LogP contribution >= 0.6 is 11.3 Å². The van der Waals surface area contributed by atoms with E-state index < -0.39 is 0 Å². The van der Waals surface area contributed by atoms with Crippen molar-refractivity contribution in [3.05, 3.63) is 22.4 Å². The first-order chi connectivity index (χ1) is 11.2. The fourth-order valence-electron chi connectivity index (χ4n) is 3.42. The lowest BCUT2D eigenvalue weighted by molar-refractivity contribution is -0.125. The minimum Gasteiger partial charge on any atom is -0.356 e. The predicted octanol–water partition coefficient (Wildman–Crippen LogP) is 3.33. The molecular weight excluding hydrogens is 308 g/mol. The molecule has 2 aliphatic carbocycles. The molecule has 2 aliphatic rings. The Morgan fingerprint density at radius 3 is 2.65 bits per heavy atom. The lowest BCUT2D eigenvalue weighted by atomic mass is 9.80. The Hall–Kier alpha value is -1.36. The van der Waals surface area contributed by atoms with Crippen LogP contribution in [0, 0.1) is 5.92 Å². The predicted molar refractivity (Wildman–Crippen MR) is 92.2 cm³/mol. The van der Waals surface area contributed by atoms with E-state index in [0.29, 0.717) is 19.4 Å². The standard InChI is InChI=1S/C18H26N2O2S/c21-16(7-4-12-19-17(22)14-8-9-14)20-18(10-2-1-3-11-18)15-6-5-13-23-15/h5-6,13-14H,1-4,7-12H2,(H,19,22)(H,20,21). The number of hydrogen-bond donors (Lipinski definition) is 2. The highest BCUT2D eigenvalue weighted by Gasteiger charge is 2.36. The van der Waals surface area contributed by atoms with E-state index >= 15 is 0 Å². The summed E-state index contributed by atoms with van der Waals surface area (Å²) in [5, 5.41) is 8.33. The summed E-state index contributed by atoms with van der Waals surface area (Å²) in [6.45, 7) is 0.606. The highest BCUT2D eigenvalue weighted by molar-refractivity contribution is 7.10. The molecule has 0 spiro atoms. The van der Waals surface area contributed by atoms with Crippen molar-refractivity contribution >= 4 is 23.2 Å². The molecule has 3 rings (SSSR count). The summed E-state index contributed by atoms with van der Waals surface area (Å²) in [5.74, 6) is 0.516. The number of amides is 2. The normalized spacial score (nSPS) is 20.0. The molecule has 0 aromatic carbocycles. The van der Waals surface area contributed by atoms with Crippen molar-refractivity contribution < 1.29 is 9.59 Å². The fraction of sp³-hybridized carbons (Fsp3) is 0.667. The van der Waals surface area contributed by atoms with Gasteiger partial charge in [0.2, 0.25) is 11.8 Å². The van der Waals surface area contributed by atoms with Crippen molar-refractivity contribution in [1.29, 1.82) is 0 Å². The van der Waals surface area contributed by atoms with Crippen LogP contribution in [-0.4, -0.2) is 18.4 Å². The summed E-state index contributed by atoms with van der Waals surface area (Å²) >= 11 is 1.74. The minimum absolute atomic E-state index is 0.112. The number of rotatable bonds is 7. The molecule has 1 aromatic rings. The van der Waals surface area contributed by atoms with Crippen LogP contribution in [0.3, 0.4) is 0 Å². The average molecular weight is 334 g/mol. The third-order valence-corrected chi connectivity index (χ3v) is 5.98. The Balaban J connectivity index is 1.47. The second-order valence-electron chi connectivity index (χ2n) is 6.84. The van der Waals surface area contributed by atoms with Gasteiger partial charge in [0.25, 0.3) is 0 Å². The summed E-state index contributed by atoms with van der Waals surface area (Å²) in [4.78, 5) is 25.2. The Morgan fingerprint density at radius 2 is 2.00 bits per heavy atom. The van der Waals surface area contributed by atoms with Crippen LogP contribution in [-0.2, 0) is 15.1 Å². The SMILES string of the molecule is O=C(CCCNC(=O)C1CC1)NC1(c2cccs2)CCCCC1. The Bertz CT molecular complexity index is 531. The molecule has 0 saturated heterocycles. The van der Waals surface area contributed by atoms with Crippen LogP contribution in [0.5, 0.6) is 0 Å². The zero-order chi connectivity index (χ0) is 16.1. The quantitative estimate of drug-likeness (QED) is 0.752. The molecule has 2 fully saturated rings. The lowest BCUT2D eigenvalue weighted by Gasteiger charge is -2.37. The third kappa shape index (κ3) is 4.34. The van der Waals surface area contributed by atoms with Crippen LogP contribution in [0.25, 0.3) is 0 Å². The average Bonchev–Trinajstić information content (AvgIpc) is 3.26. The molecule has 2 saturated carbocycles.